The van der Waals surface area contributed by atoms with E-state index in [1.165, 1.54) is 6.20 Å². The van der Waals surface area contributed by atoms with Crippen LogP contribution in [0.25, 0.3) is 11.1 Å². The first-order valence-electron chi connectivity index (χ1n) is 11.6. The molecule has 1 aliphatic heterocycles. The lowest BCUT2D eigenvalue weighted by Gasteiger charge is -2.45. The second-order valence-corrected chi connectivity index (χ2v) is 10.5. The van der Waals surface area contributed by atoms with Gasteiger partial charge >= 0.3 is 6.18 Å². The maximum Gasteiger partial charge on any atom is 0.417 e. The third kappa shape index (κ3) is 3.66. The largest absolute Gasteiger partial charge is 0.417 e. The van der Waals surface area contributed by atoms with Gasteiger partial charge in [-0.25, -0.2) is 4.99 Å². The lowest BCUT2D eigenvalue weighted by molar-refractivity contribution is -0.139. The van der Waals surface area contributed by atoms with Gasteiger partial charge in [0.25, 0.3) is 5.91 Å². The average Bonchev–Trinajstić information content (AvgIpc) is 3.24. The number of nitrogens with zero attached hydrogens (tertiary/aromatic N) is 3. The van der Waals surface area contributed by atoms with Crippen molar-refractivity contribution >= 4 is 34.9 Å². The summed E-state index contributed by atoms with van der Waals surface area (Å²) in [5.41, 5.74) is 6.48. The number of benzene rings is 1. The molecule has 2 spiro atoms. The molecular formula is C25H26F3IN4O2. The molecule has 1 unspecified atom stereocenters. The van der Waals surface area contributed by atoms with Crippen molar-refractivity contribution in [1.82, 2.24) is 9.88 Å². The second kappa shape index (κ2) is 8.43. The molecular weight excluding hydrogens is 572 g/mol. The molecule has 1 fully saturated rings. The highest BCUT2D eigenvalue weighted by Gasteiger charge is 2.67. The van der Waals surface area contributed by atoms with Crippen molar-refractivity contribution in [2.45, 2.75) is 69.8 Å². The number of guanidine groups is 1. The lowest BCUT2D eigenvalue weighted by atomic mass is 9.61. The molecule has 1 atom stereocenters. The number of aliphatic imine (C=N–C) groups is 1. The number of carbonyl (C=O) groups is 1. The Morgan fingerprint density at radius 3 is 2.49 bits per heavy atom. The molecule has 1 amide bonds. The van der Waals surface area contributed by atoms with Crippen molar-refractivity contribution in [1.29, 1.82) is 0 Å². The van der Waals surface area contributed by atoms with Crippen LogP contribution in [0.4, 0.5) is 13.2 Å². The van der Waals surface area contributed by atoms with Crippen LogP contribution in [0.2, 0.25) is 0 Å². The van der Waals surface area contributed by atoms with Crippen molar-refractivity contribution in [3.05, 3.63) is 53.3 Å². The predicted octanol–water partition coefficient (Wildman–Crippen LogP) is 5.38. The molecule has 186 valence electrons. The molecule has 1 aromatic carbocycles. The van der Waals surface area contributed by atoms with Gasteiger partial charge in [0, 0.05) is 29.4 Å². The first-order chi connectivity index (χ1) is 16.5. The highest BCUT2D eigenvalue weighted by molar-refractivity contribution is 14.1. The van der Waals surface area contributed by atoms with E-state index in [0.717, 1.165) is 49.1 Å². The number of alkyl halides is 3. The van der Waals surface area contributed by atoms with Gasteiger partial charge in [0.05, 0.1) is 11.7 Å². The third-order valence-corrected chi connectivity index (χ3v) is 8.50. The zero-order chi connectivity index (χ0) is 25.2. The summed E-state index contributed by atoms with van der Waals surface area (Å²) in [6, 6.07) is 6.45. The molecule has 3 aliphatic rings. The Morgan fingerprint density at radius 1 is 1.17 bits per heavy atom. The molecule has 0 saturated heterocycles. The number of pyridine rings is 1. The summed E-state index contributed by atoms with van der Waals surface area (Å²) in [6.45, 7) is 3.79. The van der Waals surface area contributed by atoms with E-state index in [1.54, 1.807) is 11.0 Å². The fourth-order valence-electron chi connectivity index (χ4n) is 6.12. The van der Waals surface area contributed by atoms with E-state index in [2.05, 4.69) is 4.98 Å². The minimum atomic E-state index is -4.50. The average molecular weight is 598 g/mol. The Bertz CT molecular complexity index is 1210. The van der Waals surface area contributed by atoms with Gasteiger partial charge < -0.3 is 8.80 Å². The monoisotopic (exact) mass is 598 g/mol. The number of hydrogen-bond donors (Lipinski definition) is 1. The van der Waals surface area contributed by atoms with Gasteiger partial charge in [0.2, 0.25) is 0 Å². The molecule has 2 heterocycles. The normalized spacial score (nSPS) is 28.3. The van der Waals surface area contributed by atoms with Gasteiger partial charge in [-0.05, 0) is 74.8 Å². The fraction of sp³-hybridized carbons (Fsp3) is 0.480. The lowest BCUT2D eigenvalue weighted by Crippen LogP contribution is -2.53. The van der Waals surface area contributed by atoms with Crippen LogP contribution < -0.4 is 5.73 Å². The van der Waals surface area contributed by atoms with E-state index >= 15 is 0 Å². The molecule has 2 N–H and O–H groups in total. The van der Waals surface area contributed by atoms with E-state index in [-0.39, 0.29) is 24.0 Å². The van der Waals surface area contributed by atoms with Gasteiger partial charge in [-0.2, -0.15) is 13.2 Å². The molecule has 1 aromatic heterocycles. The smallest absolute Gasteiger partial charge is 0.369 e. The molecule has 5 rings (SSSR count). The van der Waals surface area contributed by atoms with Crippen LogP contribution in [0.15, 0.2) is 41.7 Å². The van der Waals surface area contributed by atoms with Gasteiger partial charge in [-0.3, -0.25) is 14.7 Å². The highest BCUT2D eigenvalue weighted by atomic mass is 127. The Hall–Kier alpha value is -2.21. The molecule has 2 aromatic rings. The summed E-state index contributed by atoms with van der Waals surface area (Å²) in [5.74, 6) is 0.0348. The number of fused-ring (bicyclic) bond motifs is 3. The molecule has 35 heavy (non-hydrogen) atoms. The Kier molecular flexibility index (Phi) is 5.90. The summed E-state index contributed by atoms with van der Waals surface area (Å²) in [6.07, 6.45) is 1.58. The zero-order valence-electron chi connectivity index (χ0n) is 19.4. The SMILES string of the molecule is CC(C)N1C(=O)C2(N=C1N)c1cc(-c3cncc(C(F)(F)F)c3)ccc1CC21CCC(OI)CC1. The first-order valence-corrected chi connectivity index (χ1v) is 12.5. The summed E-state index contributed by atoms with van der Waals surface area (Å²) in [7, 11) is 0. The standard InChI is InChI=1S/C25H26F3IN4O2/c1-14(2)33-21(34)24(32-22(33)30)20-10-15(17-9-18(13-31-12-17)25(26,27)28)3-4-16(20)11-23(24)7-5-19(35-29)6-8-23/h3-4,9-10,12-14,19H,5-8,11H2,1-2H3,(H2,30,32). The van der Waals surface area contributed by atoms with Crippen molar-refractivity contribution in [3.63, 3.8) is 0 Å². The van der Waals surface area contributed by atoms with Crippen LogP contribution in [0, 0.1) is 5.41 Å². The number of halogens is 4. The predicted molar refractivity (Wildman–Crippen MR) is 133 cm³/mol. The minimum Gasteiger partial charge on any atom is -0.369 e. The van der Waals surface area contributed by atoms with Crippen LogP contribution in [-0.4, -0.2) is 33.9 Å². The molecule has 0 bridgehead atoms. The number of hydrogen-bond acceptors (Lipinski definition) is 5. The first kappa shape index (κ1) is 24.5. The van der Waals surface area contributed by atoms with E-state index in [0.29, 0.717) is 17.5 Å². The minimum absolute atomic E-state index is 0.118. The quantitative estimate of drug-likeness (QED) is 0.482. The topological polar surface area (TPSA) is 80.8 Å². The van der Waals surface area contributed by atoms with Crippen molar-refractivity contribution in [3.8, 4) is 11.1 Å². The Labute approximate surface area is 215 Å². The summed E-state index contributed by atoms with van der Waals surface area (Å²) in [4.78, 5) is 24.4. The number of rotatable bonds is 3. The Balaban J connectivity index is 1.66. The Morgan fingerprint density at radius 2 is 1.89 bits per heavy atom. The summed E-state index contributed by atoms with van der Waals surface area (Å²) >= 11 is 1.93. The number of nitrogens with two attached hydrogens (primary N) is 1. The van der Waals surface area contributed by atoms with Crippen molar-refractivity contribution < 1.29 is 21.0 Å². The summed E-state index contributed by atoms with van der Waals surface area (Å²) < 4.78 is 45.5. The molecule has 1 saturated carbocycles. The van der Waals surface area contributed by atoms with Gasteiger partial charge in [-0.15, -0.1) is 0 Å². The maximum atomic E-state index is 14.1. The van der Waals surface area contributed by atoms with Gasteiger partial charge in [-0.1, -0.05) is 12.1 Å². The van der Waals surface area contributed by atoms with Gasteiger partial charge in [0.15, 0.2) is 11.5 Å². The number of carbonyl (C=O) groups excluding carboxylic acids is 1. The third-order valence-electron chi connectivity index (χ3n) is 7.78. The maximum absolute atomic E-state index is 14.1. The molecule has 2 aliphatic carbocycles. The molecule has 10 heteroatoms. The number of aromatic nitrogens is 1. The van der Waals surface area contributed by atoms with Crippen LogP contribution in [0.1, 0.15) is 56.2 Å². The molecule has 6 nitrogen and oxygen atoms in total. The number of amides is 1. The second-order valence-electron chi connectivity index (χ2n) is 10.0. The molecule has 0 radical (unpaired) electrons. The van der Waals surface area contributed by atoms with Crippen LogP contribution in [-0.2, 0) is 26.0 Å². The van der Waals surface area contributed by atoms with E-state index in [1.807, 2.05) is 49.0 Å². The van der Waals surface area contributed by atoms with Crippen LogP contribution in [0.5, 0.6) is 0 Å². The van der Waals surface area contributed by atoms with E-state index in [9.17, 15) is 18.0 Å². The van der Waals surface area contributed by atoms with Crippen molar-refractivity contribution in [2.24, 2.45) is 16.1 Å². The zero-order valence-corrected chi connectivity index (χ0v) is 21.6. The van der Waals surface area contributed by atoms with E-state index < -0.39 is 22.7 Å². The van der Waals surface area contributed by atoms with E-state index in [4.69, 9.17) is 13.8 Å². The van der Waals surface area contributed by atoms with Crippen molar-refractivity contribution in [2.75, 3.05) is 0 Å². The summed E-state index contributed by atoms with van der Waals surface area (Å²) in [5, 5.41) is 0. The highest BCUT2D eigenvalue weighted by Crippen LogP contribution is 2.62. The fourth-order valence-corrected chi connectivity index (χ4v) is 6.63. The van der Waals surface area contributed by atoms with Crippen LogP contribution in [0.3, 0.4) is 0 Å². The van der Waals surface area contributed by atoms with Gasteiger partial charge in [0.1, 0.15) is 23.0 Å². The van der Waals surface area contributed by atoms with Crippen LogP contribution >= 0.6 is 23.0 Å².